The Morgan fingerprint density at radius 1 is 1.12 bits per heavy atom. The lowest BCUT2D eigenvalue weighted by Crippen LogP contribution is -2.56. The van der Waals surface area contributed by atoms with Crippen molar-refractivity contribution in [1.29, 1.82) is 0 Å². The molecule has 1 saturated heterocycles. The molecule has 0 amide bonds. The average molecular weight is 481 g/mol. The van der Waals surface area contributed by atoms with E-state index in [1.165, 1.54) is 11.8 Å². The lowest BCUT2D eigenvalue weighted by molar-refractivity contribution is -0.0758. The van der Waals surface area contributed by atoms with Crippen LogP contribution < -0.4 is 0 Å². The van der Waals surface area contributed by atoms with E-state index >= 15 is 0 Å². The first-order valence-electron chi connectivity index (χ1n) is 11.4. The highest BCUT2D eigenvalue weighted by Crippen LogP contribution is 2.37. The standard InChI is InChI=1S/C24H33ClN2O4S/c1-16-17(2)31-24(26-16)19-6-10-21(11-7-19)27-13-23(15-32(3,28)29)30-14-22(27)12-18-4-8-20(25)9-5-18/h4-5,8-9,19,21-23H,6-7,10-15H2,1-3H3/t19?,21?,22-,23+/m0/s1. The van der Waals surface area contributed by atoms with Crippen molar-refractivity contribution in [3.63, 3.8) is 0 Å². The number of aromatic nitrogens is 1. The highest BCUT2D eigenvalue weighted by molar-refractivity contribution is 7.90. The molecule has 2 fully saturated rings. The fourth-order valence-corrected chi connectivity index (χ4v) is 6.06. The van der Waals surface area contributed by atoms with E-state index in [2.05, 4.69) is 22.0 Å². The molecule has 0 N–H and O–H groups in total. The molecular formula is C24H33ClN2O4S. The number of hydrogen-bond acceptors (Lipinski definition) is 6. The molecule has 1 aliphatic heterocycles. The molecule has 6 nitrogen and oxygen atoms in total. The summed E-state index contributed by atoms with van der Waals surface area (Å²) in [5.41, 5.74) is 2.19. The van der Waals surface area contributed by atoms with E-state index in [4.69, 9.17) is 20.8 Å². The van der Waals surface area contributed by atoms with E-state index in [0.717, 1.165) is 54.5 Å². The van der Waals surface area contributed by atoms with Crippen LogP contribution in [0.5, 0.6) is 0 Å². The summed E-state index contributed by atoms with van der Waals surface area (Å²) in [6, 6.07) is 8.60. The van der Waals surface area contributed by atoms with Gasteiger partial charge in [-0.25, -0.2) is 13.4 Å². The minimum Gasteiger partial charge on any atom is -0.445 e. The number of ether oxygens (including phenoxy) is 1. The minimum atomic E-state index is -3.09. The lowest BCUT2D eigenvalue weighted by atomic mass is 9.84. The number of nitrogens with zero attached hydrogens (tertiary/aromatic N) is 2. The first-order valence-corrected chi connectivity index (χ1v) is 13.8. The second-order valence-electron chi connectivity index (χ2n) is 9.43. The van der Waals surface area contributed by atoms with Gasteiger partial charge in [0.1, 0.15) is 15.6 Å². The summed E-state index contributed by atoms with van der Waals surface area (Å²) in [4.78, 5) is 7.13. The summed E-state index contributed by atoms with van der Waals surface area (Å²) in [5, 5.41) is 0.731. The van der Waals surface area contributed by atoms with Crippen LogP contribution in [0.25, 0.3) is 0 Å². The monoisotopic (exact) mass is 480 g/mol. The van der Waals surface area contributed by atoms with E-state index in [1.807, 2.05) is 26.0 Å². The Bertz CT molecular complexity index is 994. The van der Waals surface area contributed by atoms with Gasteiger partial charge in [-0.3, -0.25) is 4.90 Å². The number of halogens is 1. The van der Waals surface area contributed by atoms with Crippen molar-refractivity contribution in [3.05, 3.63) is 52.2 Å². The van der Waals surface area contributed by atoms with Crippen molar-refractivity contribution >= 4 is 21.4 Å². The van der Waals surface area contributed by atoms with Gasteiger partial charge in [0.2, 0.25) is 0 Å². The Hall–Kier alpha value is -1.41. The lowest BCUT2D eigenvalue weighted by Gasteiger charge is -2.46. The minimum absolute atomic E-state index is 0.0708. The van der Waals surface area contributed by atoms with Crippen molar-refractivity contribution in [3.8, 4) is 0 Å². The molecule has 32 heavy (non-hydrogen) atoms. The van der Waals surface area contributed by atoms with E-state index in [-0.39, 0.29) is 17.9 Å². The highest BCUT2D eigenvalue weighted by Gasteiger charge is 2.37. The summed E-state index contributed by atoms with van der Waals surface area (Å²) in [6.45, 7) is 5.15. The molecule has 0 bridgehead atoms. The molecule has 0 radical (unpaired) electrons. The van der Waals surface area contributed by atoms with Gasteiger partial charge in [0, 0.05) is 35.8 Å². The van der Waals surface area contributed by atoms with Gasteiger partial charge in [0.15, 0.2) is 5.89 Å². The van der Waals surface area contributed by atoms with Crippen molar-refractivity contribution in [2.75, 3.05) is 25.2 Å². The zero-order chi connectivity index (χ0) is 22.9. The topological polar surface area (TPSA) is 72.6 Å². The molecule has 0 unspecified atom stereocenters. The van der Waals surface area contributed by atoms with Gasteiger partial charge in [-0.2, -0.15) is 0 Å². The Labute approximate surface area is 196 Å². The van der Waals surface area contributed by atoms with Gasteiger partial charge in [0.25, 0.3) is 0 Å². The fourth-order valence-electron chi connectivity index (χ4n) is 5.06. The Morgan fingerprint density at radius 3 is 2.41 bits per heavy atom. The van der Waals surface area contributed by atoms with E-state index in [1.54, 1.807) is 0 Å². The maximum absolute atomic E-state index is 11.9. The number of benzene rings is 1. The summed E-state index contributed by atoms with van der Waals surface area (Å²) >= 11 is 6.06. The predicted octanol–water partition coefficient (Wildman–Crippen LogP) is 4.33. The molecular weight excluding hydrogens is 448 g/mol. The van der Waals surface area contributed by atoms with E-state index in [0.29, 0.717) is 25.1 Å². The maximum atomic E-state index is 11.9. The third-order valence-electron chi connectivity index (χ3n) is 6.84. The smallest absolute Gasteiger partial charge is 0.197 e. The largest absolute Gasteiger partial charge is 0.445 e. The summed E-state index contributed by atoms with van der Waals surface area (Å²) in [5.74, 6) is 2.21. The van der Waals surface area contributed by atoms with Gasteiger partial charge < -0.3 is 9.15 Å². The van der Waals surface area contributed by atoms with E-state index in [9.17, 15) is 8.42 Å². The molecule has 1 aromatic carbocycles. The maximum Gasteiger partial charge on any atom is 0.197 e. The van der Waals surface area contributed by atoms with E-state index < -0.39 is 9.84 Å². The SMILES string of the molecule is Cc1nc(C2CCC(N3C[C@H](CS(C)(=O)=O)OC[C@@H]3Cc3ccc(Cl)cc3)CC2)oc1C. The number of aryl methyl sites for hydroxylation is 2. The fraction of sp³-hybridized carbons (Fsp3) is 0.625. The summed E-state index contributed by atoms with van der Waals surface area (Å²) in [7, 11) is -3.09. The first kappa shape index (κ1) is 23.7. The van der Waals surface area contributed by atoms with Crippen LogP contribution in [-0.4, -0.2) is 61.6 Å². The summed E-state index contributed by atoms with van der Waals surface area (Å²) in [6.07, 6.45) is 6.04. The van der Waals surface area contributed by atoms with Gasteiger partial charge in [-0.15, -0.1) is 0 Å². The average Bonchev–Trinajstić information content (AvgIpc) is 3.08. The molecule has 176 valence electrons. The number of morpholine rings is 1. The zero-order valence-electron chi connectivity index (χ0n) is 19.1. The molecule has 4 rings (SSSR count). The molecule has 2 aliphatic rings. The molecule has 2 aromatic rings. The Balaban J connectivity index is 1.46. The normalized spacial score (nSPS) is 27.5. The molecule has 1 saturated carbocycles. The third kappa shape index (κ3) is 5.93. The quantitative estimate of drug-likeness (QED) is 0.612. The van der Waals surface area contributed by atoms with Crippen LogP contribution in [0.2, 0.25) is 5.02 Å². The Kier molecular flexibility index (Phi) is 7.30. The number of rotatable bonds is 6. The van der Waals surface area contributed by atoms with Crippen molar-refractivity contribution in [2.24, 2.45) is 0 Å². The first-order chi connectivity index (χ1) is 15.2. The van der Waals surface area contributed by atoms with Gasteiger partial charge >= 0.3 is 0 Å². The van der Waals surface area contributed by atoms with Crippen molar-refractivity contribution in [1.82, 2.24) is 9.88 Å². The van der Waals surface area contributed by atoms with Gasteiger partial charge in [-0.05, 0) is 63.6 Å². The predicted molar refractivity (Wildman–Crippen MR) is 126 cm³/mol. The van der Waals surface area contributed by atoms with Crippen molar-refractivity contribution in [2.45, 2.75) is 70.1 Å². The van der Waals surface area contributed by atoms with Gasteiger partial charge in [-0.1, -0.05) is 23.7 Å². The second-order valence-corrected chi connectivity index (χ2v) is 12.0. The third-order valence-corrected chi connectivity index (χ3v) is 8.07. The van der Waals surface area contributed by atoms with Crippen LogP contribution >= 0.6 is 11.6 Å². The highest BCUT2D eigenvalue weighted by atomic mass is 35.5. The zero-order valence-corrected chi connectivity index (χ0v) is 20.7. The number of sulfone groups is 1. The van der Waals surface area contributed by atoms with Crippen molar-refractivity contribution < 1.29 is 17.6 Å². The molecule has 0 spiro atoms. The van der Waals surface area contributed by atoms with Crippen LogP contribution in [0, 0.1) is 13.8 Å². The second kappa shape index (κ2) is 9.84. The number of oxazole rings is 1. The van der Waals surface area contributed by atoms with Crippen LogP contribution in [0.15, 0.2) is 28.7 Å². The molecule has 2 heterocycles. The Morgan fingerprint density at radius 2 is 1.81 bits per heavy atom. The molecule has 8 heteroatoms. The molecule has 1 aromatic heterocycles. The molecule has 1 aliphatic carbocycles. The van der Waals surface area contributed by atoms with Crippen LogP contribution in [0.1, 0.15) is 54.5 Å². The van der Waals surface area contributed by atoms with Crippen LogP contribution in [-0.2, 0) is 21.0 Å². The van der Waals surface area contributed by atoms with Crippen LogP contribution in [0.4, 0.5) is 0 Å². The summed E-state index contributed by atoms with van der Waals surface area (Å²) < 4.78 is 35.7. The van der Waals surface area contributed by atoms with Gasteiger partial charge in [0.05, 0.1) is 24.2 Å². The number of hydrogen-bond donors (Lipinski definition) is 0. The van der Waals surface area contributed by atoms with Crippen LogP contribution in [0.3, 0.4) is 0 Å². The molecule has 2 atom stereocenters.